The molecule has 2 aromatic rings. The van der Waals surface area contributed by atoms with Crippen LogP contribution in [0.4, 0.5) is 0 Å². The Labute approximate surface area is 153 Å². The lowest BCUT2D eigenvalue weighted by Crippen LogP contribution is -2.44. The summed E-state index contributed by atoms with van der Waals surface area (Å²) in [6.07, 6.45) is 2.08. The second-order valence-corrected chi connectivity index (χ2v) is 6.69. The van der Waals surface area contributed by atoms with Crippen LogP contribution in [0.3, 0.4) is 0 Å². The average molecular weight is 352 g/mol. The van der Waals surface area contributed by atoms with Gasteiger partial charge in [-0.15, -0.1) is 0 Å². The zero-order valence-corrected chi connectivity index (χ0v) is 14.7. The van der Waals surface area contributed by atoms with Crippen LogP contribution in [-0.2, 0) is 16.0 Å². The molecule has 26 heavy (non-hydrogen) atoms. The lowest BCUT2D eigenvalue weighted by molar-refractivity contribution is -0.133. The molecule has 2 N–H and O–H groups in total. The summed E-state index contributed by atoms with van der Waals surface area (Å²) >= 11 is 0. The van der Waals surface area contributed by atoms with E-state index in [1.165, 1.54) is 5.56 Å². The molecule has 1 aliphatic rings. The maximum Gasteiger partial charge on any atom is 0.241 e. The molecule has 1 fully saturated rings. The molecule has 136 valence electrons. The second-order valence-electron chi connectivity index (χ2n) is 6.69. The van der Waals surface area contributed by atoms with Gasteiger partial charge < -0.3 is 15.3 Å². The molecule has 2 amide bonds. The molecule has 1 heterocycles. The molecular weight excluding hydrogens is 328 g/mol. The zero-order chi connectivity index (χ0) is 18.4. The number of carbonyl (C=O) groups is 2. The van der Waals surface area contributed by atoms with Crippen LogP contribution in [0.5, 0.6) is 5.75 Å². The highest BCUT2D eigenvalue weighted by Crippen LogP contribution is 2.28. The molecule has 0 aromatic heterocycles. The average Bonchev–Trinajstić information content (AvgIpc) is 2.68. The van der Waals surface area contributed by atoms with Gasteiger partial charge in [0.2, 0.25) is 11.8 Å². The number of nitrogens with zero attached hydrogens (tertiary/aromatic N) is 1. The number of carbonyl (C=O) groups excluding carboxylic acids is 2. The molecule has 5 heteroatoms. The molecular formula is C21H24N2O3. The fourth-order valence-corrected chi connectivity index (χ4v) is 3.34. The molecule has 1 aliphatic heterocycles. The summed E-state index contributed by atoms with van der Waals surface area (Å²) in [7, 11) is 0. The first-order chi connectivity index (χ1) is 12.6. The van der Waals surface area contributed by atoms with Crippen LogP contribution in [0.2, 0.25) is 0 Å². The first kappa shape index (κ1) is 18.0. The van der Waals surface area contributed by atoms with E-state index < -0.39 is 0 Å². The van der Waals surface area contributed by atoms with E-state index in [-0.39, 0.29) is 30.5 Å². The standard InChI is InChI=1S/C21H24N2O3/c24-19-8-6-17(7-9-19)18-10-12-23(13-11-18)21(26)15-22-20(25)14-16-4-2-1-3-5-16/h1-9,18,24H,10-15H2,(H,22,25). The lowest BCUT2D eigenvalue weighted by atomic mass is 9.89. The molecule has 0 saturated carbocycles. The number of aromatic hydroxyl groups is 1. The number of amides is 2. The van der Waals surface area contributed by atoms with Crippen molar-refractivity contribution in [1.82, 2.24) is 10.2 Å². The lowest BCUT2D eigenvalue weighted by Gasteiger charge is -2.32. The summed E-state index contributed by atoms with van der Waals surface area (Å²) in [5.74, 6) is 0.513. The molecule has 0 atom stereocenters. The predicted octanol–water partition coefficient (Wildman–Crippen LogP) is 2.46. The summed E-state index contributed by atoms with van der Waals surface area (Å²) in [4.78, 5) is 26.1. The van der Waals surface area contributed by atoms with Crippen LogP contribution in [-0.4, -0.2) is 41.5 Å². The van der Waals surface area contributed by atoms with E-state index in [1.807, 2.05) is 47.4 Å². The number of phenols is 1. The van der Waals surface area contributed by atoms with E-state index in [0.29, 0.717) is 19.0 Å². The Morgan fingerprint density at radius 2 is 1.65 bits per heavy atom. The number of hydrogen-bond acceptors (Lipinski definition) is 3. The fraction of sp³-hybridized carbons (Fsp3) is 0.333. The minimum Gasteiger partial charge on any atom is -0.508 e. The Balaban J connectivity index is 1.42. The van der Waals surface area contributed by atoms with Crippen LogP contribution in [0.15, 0.2) is 54.6 Å². The minimum absolute atomic E-state index is 0.0319. The number of likely N-dealkylation sites (tertiary alicyclic amines) is 1. The van der Waals surface area contributed by atoms with E-state index in [9.17, 15) is 14.7 Å². The van der Waals surface area contributed by atoms with Gasteiger partial charge in [-0.05, 0) is 42.0 Å². The molecule has 1 saturated heterocycles. The number of hydrogen-bond donors (Lipinski definition) is 2. The van der Waals surface area contributed by atoms with Crippen molar-refractivity contribution in [2.24, 2.45) is 0 Å². The Hall–Kier alpha value is -2.82. The molecule has 0 aliphatic carbocycles. The topological polar surface area (TPSA) is 69.6 Å². The fourth-order valence-electron chi connectivity index (χ4n) is 3.34. The van der Waals surface area contributed by atoms with Crippen molar-refractivity contribution >= 4 is 11.8 Å². The van der Waals surface area contributed by atoms with Gasteiger partial charge in [-0.1, -0.05) is 42.5 Å². The van der Waals surface area contributed by atoms with Gasteiger partial charge in [0, 0.05) is 13.1 Å². The van der Waals surface area contributed by atoms with Gasteiger partial charge in [-0.3, -0.25) is 9.59 Å². The summed E-state index contributed by atoms with van der Waals surface area (Å²) in [5, 5.41) is 12.1. The Morgan fingerprint density at radius 1 is 1.00 bits per heavy atom. The Bertz CT molecular complexity index is 736. The van der Waals surface area contributed by atoms with Gasteiger partial charge in [0.25, 0.3) is 0 Å². The Kier molecular flexibility index (Phi) is 5.89. The van der Waals surface area contributed by atoms with Crippen molar-refractivity contribution in [2.75, 3.05) is 19.6 Å². The molecule has 2 aromatic carbocycles. The first-order valence-electron chi connectivity index (χ1n) is 8.99. The third kappa shape index (κ3) is 4.85. The first-order valence-corrected chi connectivity index (χ1v) is 8.99. The normalized spacial score (nSPS) is 14.8. The highest BCUT2D eigenvalue weighted by Gasteiger charge is 2.23. The van der Waals surface area contributed by atoms with Gasteiger partial charge in [0.15, 0.2) is 0 Å². The van der Waals surface area contributed by atoms with Crippen LogP contribution < -0.4 is 5.32 Å². The Morgan fingerprint density at radius 3 is 2.31 bits per heavy atom. The van der Waals surface area contributed by atoms with Crippen molar-refractivity contribution < 1.29 is 14.7 Å². The van der Waals surface area contributed by atoms with Crippen molar-refractivity contribution in [1.29, 1.82) is 0 Å². The number of benzene rings is 2. The van der Waals surface area contributed by atoms with Gasteiger partial charge in [0.05, 0.1) is 13.0 Å². The highest BCUT2D eigenvalue weighted by atomic mass is 16.3. The van der Waals surface area contributed by atoms with Gasteiger partial charge >= 0.3 is 0 Å². The van der Waals surface area contributed by atoms with E-state index >= 15 is 0 Å². The smallest absolute Gasteiger partial charge is 0.241 e. The van der Waals surface area contributed by atoms with Crippen LogP contribution in [0.1, 0.15) is 29.9 Å². The largest absolute Gasteiger partial charge is 0.508 e. The predicted molar refractivity (Wildman–Crippen MR) is 99.8 cm³/mol. The van der Waals surface area contributed by atoms with Crippen LogP contribution in [0.25, 0.3) is 0 Å². The van der Waals surface area contributed by atoms with Crippen molar-refractivity contribution in [3.63, 3.8) is 0 Å². The number of phenolic OH excluding ortho intramolecular Hbond substituents is 1. The summed E-state index contributed by atoms with van der Waals surface area (Å²) in [5.41, 5.74) is 2.14. The van der Waals surface area contributed by atoms with Gasteiger partial charge in [-0.25, -0.2) is 0 Å². The third-order valence-electron chi connectivity index (χ3n) is 4.86. The quantitative estimate of drug-likeness (QED) is 0.868. The maximum absolute atomic E-state index is 12.3. The van der Waals surface area contributed by atoms with Crippen LogP contribution >= 0.6 is 0 Å². The molecule has 3 rings (SSSR count). The molecule has 0 radical (unpaired) electrons. The zero-order valence-electron chi connectivity index (χ0n) is 14.7. The number of nitrogens with one attached hydrogen (secondary N) is 1. The summed E-state index contributed by atoms with van der Waals surface area (Å²) < 4.78 is 0. The molecule has 5 nitrogen and oxygen atoms in total. The van der Waals surface area contributed by atoms with Crippen molar-refractivity contribution in [2.45, 2.75) is 25.2 Å². The van der Waals surface area contributed by atoms with E-state index in [1.54, 1.807) is 12.1 Å². The maximum atomic E-state index is 12.3. The number of piperidine rings is 1. The van der Waals surface area contributed by atoms with E-state index in [2.05, 4.69) is 5.32 Å². The molecule has 0 unspecified atom stereocenters. The van der Waals surface area contributed by atoms with Gasteiger partial charge in [0.1, 0.15) is 5.75 Å². The molecule has 0 bridgehead atoms. The van der Waals surface area contributed by atoms with Gasteiger partial charge in [-0.2, -0.15) is 0 Å². The second kappa shape index (κ2) is 8.52. The monoisotopic (exact) mass is 352 g/mol. The summed E-state index contributed by atoms with van der Waals surface area (Å²) in [6, 6.07) is 16.8. The molecule has 0 spiro atoms. The highest BCUT2D eigenvalue weighted by molar-refractivity contribution is 5.85. The SMILES string of the molecule is O=C(Cc1ccccc1)NCC(=O)N1CCC(c2ccc(O)cc2)CC1. The van der Waals surface area contributed by atoms with Crippen molar-refractivity contribution in [3.8, 4) is 5.75 Å². The number of rotatable bonds is 5. The van der Waals surface area contributed by atoms with E-state index in [4.69, 9.17) is 0 Å². The van der Waals surface area contributed by atoms with E-state index in [0.717, 1.165) is 18.4 Å². The van der Waals surface area contributed by atoms with Crippen LogP contribution in [0, 0.1) is 0 Å². The third-order valence-corrected chi connectivity index (χ3v) is 4.86. The summed E-state index contributed by atoms with van der Waals surface area (Å²) in [6.45, 7) is 1.44. The van der Waals surface area contributed by atoms with Crippen molar-refractivity contribution in [3.05, 3.63) is 65.7 Å². The minimum atomic E-state index is -0.136.